The summed E-state index contributed by atoms with van der Waals surface area (Å²) in [4.78, 5) is 4.32. The molecule has 0 aliphatic heterocycles. The van der Waals surface area contributed by atoms with Gasteiger partial charge in [-0.3, -0.25) is 0 Å². The summed E-state index contributed by atoms with van der Waals surface area (Å²) in [6.45, 7) is 0.458. The summed E-state index contributed by atoms with van der Waals surface area (Å²) in [6, 6.07) is 9.06. The molecule has 0 atom stereocenters. The number of aromatic nitrogens is 1. The van der Waals surface area contributed by atoms with Gasteiger partial charge in [-0.25, -0.2) is 4.98 Å². The molecule has 0 amide bonds. The fraction of sp³-hybridized carbons (Fsp3) is 0.0909. The number of pyridine rings is 1. The van der Waals surface area contributed by atoms with Gasteiger partial charge in [0.05, 0.1) is 12.2 Å². The Bertz CT molecular complexity index is 542. The molecule has 4 N–H and O–H groups in total. The SMILES string of the molecule is NC(=S)NCc1ccc2cccc(O)c2n1. The highest BCUT2D eigenvalue weighted by molar-refractivity contribution is 7.80. The van der Waals surface area contributed by atoms with Crippen LogP contribution in [-0.2, 0) is 6.54 Å². The maximum absolute atomic E-state index is 9.64. The molecule has 0 radical (unpaired) electrons. The van der Waals surface area contributed by atoms with E-state index in [1.807, 2.05) is 18.2 Å². The lowest BCUT2D eigenvalue weighted by Gasteiger charge is -2.05. The average molecular weight is 233 g/mol. The largest absolute Gasteiger partial charge is 0.506 e. The zero-order valence-corrected chi connectivity index (χ0v) is 9.29. The molecule has 5 heteroatoms. The number of phenolic OH excluding ortho intramolecular Hbond substituents is 1. The summed E-state index contributed by atoms with van der Waals surface area (Å²) in [5, 5.41) is 13.6. The first-order valence-corrected chi connectivity index (χ1v) is 5.18. The number of rotatable bonds is 2. The lowest BCUT2D eigenvalue weighted by molar-refractivity contribution is 0.480. The number of nitrogens with two attached hydrogens (primary N) is 1. The van der Waals surface area contributed by atoms with Gasteiger partial charge in [0.2, 0.25) is 0 Å². The summed E-state index contributed by atoms with van der Waals surface area (Å²) >= 11 is 4.71. The van der Waals surface area contributed by atoms with Crippen LogP contribution in [0.25, 0.3) is 10.9 Å². The number of thiocarbonyl (C=S) groups is 1. The lowest BCUT2D eigenvalue weighted by atomic mass is 10.2. The highest BCUT2D eigenvalue weighted by atomic mass is 32.1. The maximum atomic E-state index is 9.64. The molecular formula is C11H11N3OS. The Morgan fingerprint density at radius 1 is 1.38 bits per heavy atom. The molecule has 1 aromatic heterocycles. The van der Waals surface area contributed by atoms with Crippen molar-refractivity contribution in [1.82, 2.24) is 10.3 Å². The Morgan fingerprint density at radius 2 is 2.19 bits per heavy atom. The lowest BCUT2D eigenvalue weighted by Crippen LogP contribution is -2.28. The second kappa shape index (κ2) is 4.32. The molecule has 2 rings (SSSR count). The van der Waals surface area contributed by atoms with Crippen molar-refractivity contribution in [3.8, 4) is 5.75 Å². The predicted molar refractivity (Wildman–Crippen MR) is 67.0 cm³/mol. The number of hydrogen-bond acceptors (Lipinski definition) is 3. The molecule has 0 saturated heterocycles. The van der Waals surface area contributed by atoms with Crippen LogP contribution in [0.3, 0.4) is 0 Å². The van der Waals surface area contributed by atoms with Gasteiger partial charge in [0.15, 0.2) is 5.11 Å². The molecule has 0 saturated carbocycles. The highest BCUT2D eigenvalue weighted by Crippen LogP contribution is 2.22. The zero-order valence-electron chi connectivity index (χ0n) is 8.47. The molecule has 0 unspecified atom stereocenters. The van der Waals surface area contributed by atoms with E-state index in [0.29, 0.717) is 12.1 Å². The summed E-state index contributed by atoms with van der Waals surface area (Å²) in [5.41, 5.74) is 6.69. The minimum atomic E-state index is 0.176. The first kappa shape index (κ1) is 10.6. The Hall–Kier alpha value is -1.88. The smallest absolute Gasteiger partial charge is 0.163 e. The number of nitrogens with one attached hydrogen (secondary N) is 1. The van der Waals surface area contributed by atoms with Crippen LogP contribution in [0.2, 0.25) is 0 Å². The van der Waals surface area contributed by atoms with Gasteiger partial charge < -0.3 is 16.2 Å². The monoisotopic (exact) mass is 233 g/mol. The fourth-order valence-electron chi connectivity index (χ4n) is 1.45. The number of fused-ring (bicyclic) bond motifs is 1. The molecule has 0 fully saturated rings. The molecule has 0 spiro atoms. The zero-order chi connectivity index (χ0) is 11.5. The van der Waals surface area contributed by atoms with E-state index in [1.165, 1.54) is 0 Å². The van der Waals surface area contributed by atoms with Gasteiger partial charge in [-0.05, 0) is 24.4 Å². The minimum Gasteiger partial charge on any atom is -0.506 e. The van der Waals surface area contributed by atoms with Crippen molar-refractivity contribution in [1.29, 1.82) is 0 Å². The molecule has 2 aromatic rings. The van der Waals surface area contributed by atoms with E-state index in [4.69, 9.17) is 18.0 Å². The van der Waals surface area contributed by atoms with Crippen LogP contribution in [-0.4, -0.2) is 15.2 Å². The summed E-state index contributed by atoms with van der Waals surface area (Å²) in [6.07, 6.45) is 0. The van der Waals surface area contributed by atoms with Gasteiger partial charge in [0.1, 0.15) is 11.3 Å². The van der Waals surface area contributed by atoms with Crippen molar-refractivity contribution >= 4 is 28.2 Å². The van der Waals surface area contributed by atoms with Crippen LogP contribution < -0.4 is 11.1 Å². The van der Waals surface area contributed by atoms with Crippen LogP contribution in [0.15, 0.2) is 30.3 Å². The van der Waals surface area contributed by atoms with E-state index < -0.39 is 0 Å². The molecular weight excluding hydrogens is 222 g/mol. The molecule has 0 aliphatic carbocycles. The van der Waals surface area contributed by atoms with E-state index in [-0.39, 0.29) is 10.9 Å². The summed E-state index contributed by atoms with van der Waals surface area (Å²) < 4.78 is 0. The van der Waals surface area contributed by atoms with Gasteiger partial charge >= 0.3 is 0 Å². The quantitative estimate of drug-likeness (QED) is 0.681. The average Bonchev–Trinajstić information content (AvgIpc) is 2.27. The second-order valence-electron chi connectivity index (χ2n) is 3.37. The first-order valence-electron chi connectivity index (χ1n) is 4.78. The molecule has 82 valence electrons. The number of phenols is 1. The number of benzene rings is 1. The van der Waals surface area contributed by atoms with E-state index in [2.05, 4.69) is 10.3 Å². The van der Waals surface area contributed by atoms with Crippen LogP contribution in [0.5, 0.6) is 5.75 Å². The van der Waals surface area contributed by atoms with Gasteiger partial charge in [0.25, 0.3) is 0 Å². The van der Waals surface area contributed by atoms with E-state index >= 15 is 0 Å². The van der Waals surface area contributed by atoms with Crippen LogP contribution in [0.1, 0.15) is 5.69 Å². The first-order chi connectivity index (χ1) is 7.66. The van der Waals surface area contributed by atoms with E-state index in [1.54, 1.807) is 12.1 Å². The molecule has 16 heavy (non-hydrogen) atoms. The molecule has 1 aromatic carbocycles. The van der Waals surface area contributed by atoms with E-state index in [0.717, 1.165) is 11.1 Å². The fourth-order valence-corrected chi connectivity index (χ4v) is 1.52. The standard InChI is InChI=1S/C11H11N3OS/c12-11(16)13-6-8-5-4-7-2-1-3-9(15)10(7)14-8/h1-5,15H,6H2,(H3,12,13,16). The van der Waals surface area contributed by atoms with Gasteiger partial charge in [-0.1, -0.05) is 18.2 Å². The minimum absolute atomic E-state index is 0.176. The van der Waals surface area contributed by atoms with Gasteiger partial charge in [0, 0.05) is 5.39 Å². The Morgan fingerprint density at radius 3 is 2.94 bits per heavy atom. The van der Waals surface area contributed by atoms with Crippen molar-refractivity contribution < 1.29 is 5.11 Å². The highest BCUT2D eigenvalue weighted by Gasteiger charge is 2.02. The van der Waals surface area contributed by atoms with Crippen molar-refractivity contribution in [2.45, 2.75) is 6.54 Å². The Kier molecular flexibility index (Phi) is 2.87. The maximum Gasteiger partial charge on any atom is 0.163 e. The molecule has 0 bridgehead atoms. The van der Waals surface area contributed by atoms with Crippen molar-refractivity contribution in [2.75, 3.05) is 0 Å². The molecule has 0 aliphatic rings. The van der Waals surface area contributed by atoms with E-state index in [9.17, 15) is 5.11 Å². The summed E-state index contributed by atoms with van der Waals surface area (Å²) in [5.74, 6) is 0.176. The third kappa shape index (κ3) is 2.20. The van der Waals surface area contributed by atoms with Crippen LogP contribution in [0, 0.1) is 0 Å². The Labute approximate surface area is 98.1 Å². The van der Waals surface area contributed by atoms with Crippen molar-refractivity contribution in [2.24, 2.45) is 5.73 Å². The van der Waals surface area contributed by atoms with Crippen molar-refractivity contribution in [3.05, 3.63) is 36.0 Å². The van der Waals surface area contributed by atoms with Crippen molar-refractivity contribution in [3.63, 3.8) is 0 Å². The predicted octanol–water partition coefficient (Wildman–Crippen LogP) is 1.27. The van der Waals surface area contributed by atoms with Gasteiger partial charge in [-0.15, -0.1) is 0 Å². The third-order valence-electron chi connectivity index (χ3n) is 2.20. The number of aromatic hydroxyl groups is 1. The third-order valence-corrected chi connectivity index (χ3v) is 2.34. The normalized spacial score (nSPS) is 10.2. The number of hydrogen-bond donors (Lipinski definition) is 3. The van der Waals surface area contributed by atoms with Crippen LogP contribution >= 0.6 is 12.2 Å². The van der Waals surface area contributed by atoms with Gasteiger partial charge in [-0.2, -0.15) is 0 Å². The van der Waals surface area contributed by atoms with Crippen LogP contribution in [0.4, 0.5) is 0 Å². The number of nitrogens with zero attached hydrogens (tertiary/aromatic N) is 1. The topological polar surface area (TPSA) is 71.2 Å². The molecule has 4 nitrogen and oxygen atoms in total. The number of para-hydroxylation sites is 1. The summed E-state index contributed by atoms with van der Waals surface area (Å²) in [7, 11) is 0. The Balaban J connectivity index is 2.35. The second-order valence-corrected chi connectivity index (χ2v) is 3.81. The molecule has 1 heterocycles.